The van der Waals surface area contributed by atoms with Gasteiger partial charge in [0.05, 0.1) is 15.5 Å². The van der Waals surface area contributed by atoms with Crippen molar-refractivity contribution in [2.75, 3.05) is 19.1 Å². The highest BCUT2D eigenvalue weighted by Crippen LogP contribution is 2.31. The summed E-state index contributed by atoms with van der Waals surface area (Å²) in [5.74, 6) is -0.196. The molecule has 1 aliphatic rings. The SMILES string of the molecule is Cc1ccc(/N=C2/NC(=O)/C(=C/c3cnc(N(C=O)N(C)C)s3)S2)c(C)c1. The zero-order chi connectivity index (χ0) is 19.6. The standard InChI is InChI=1S/C18H19N5O2S2/c1-11-5-6-14(12(2)7-11)20-17-21-16(25)15(27-17)8-13-9-19-18(26-13)23(10-24)22(3)4/h5-10H,1-4H3,(H,20,21,25)/b15-8-. The van der Waals surface area contributed by atoms with E-state index in [1.165, 1.54) is 33.7 Å². The van der Waals surface area contributed by atoms with Gasteiger partial charge in [0, 0.05) is 20.3 Å². The predicted molar refractivity (Wildman–Crippen MR) is 111 cm³/mol. The monoisotopic (exact) mass is 401 g/mol. The first-order valence-electron chi connectivity index (χ1n) is 8.12. The number of carbonyl (C=O) groups excluding carboxylic acids is 2. The third-order valence-electron chi connectivity index (χ3n) is 3.74. The Morgan fingerprint density at radius 2 is 2.04 bits per heavy atom. The molecule has 2 amide bonds. The number of rotatable bonds is 5. The molecule has 0 saturated carbocycles. The van der Waals surface area contributed by atoms with Crippen LogP contribution in [0.4, 0.5) is 10.8 Å². The number of aryl methyl sites for hydroxylation is 2. The molecule has 3 rings (SSSR count). The van der Waals surface area contributed by atoms with Crippen LogP contribution < -0.4 is 10.3 Å². The van der Waals surface area contributed by atoms with Crippen LogP contribution in [0, 0.1) is 13.8 Å². The second kappa shape index (κ2) is 8.03. The number of amides is 2. The van der Waals surface area contributed by atoms with Crippen LogP contribution in [-0.2, 0) is 9.59 Å². The van der Waals surface area contributed by atoms with Crippen LogP contribution in [0.5, 0.6) is 0 Å². The first-order valence-corrected chi connectivity index (χ1v) is 9.75. The van der Waals surface area contributed by atoms with E-state index >= 15 is 0 Å². The zero-order valence-electron chi connectivity index (χ0n) is 15.4. The van der Waals surface area contributed by atoms with Gasteiger partial charge in [-0.1, -0.05) is 29.0 Å². The second-order valence-electron chi connectivity index (χ2n) is 6.11. The summed E-state index contributed by atoms with van der Waals surface area (Å²) >= 11 is 2.61. The van der Waals surface area contributed by atoms with Crippen LogP contribution >= 0.6 is 23.1 Å². The number of amidine groups is 1. The Kier molecular flexibility index (Phi) is 5.73. The fraction of sp³-hybridized carbons (Fsp3) is 0.222. The van der Waals surface area contributed by atoms with E-state index in [1.54, 1.807) is 31.4 Å². The fourth-order valence-corrected chi connectivity index (χ4v) is 4.21. The molecule has 2 heterocycles. The summed E-state index contributed by atoms with van der Waals surface area (Å²) in [4.78, 5) is 33.5. The fourth-order valence-electron chi connectivity index (χ4n) is 2.41. The van der Waals surface area contributed by atoms with Crippen LogP contribution in [0.1, 0.15) is 16.0 Å². The first-order chi connectivity index (χ1) is 12.9. The van der Waals surface area contributed by atoms with E-state index in [-0.39, 0.29) is 5.91 Å². The molecule has 0 atom stereocenters. The molecule has 0 aliphatic carbocycles. The minimum atomic E-state index is -0.196. The lowest BCUT2D eigenvalue weighted by molar-refractivity contribution is -0.115. The van der Waals surface area contributed by atoms with Gasteiger partial charge < -0.3 is 5.32 Å². The van der Waals surface area contributed by atoms with E-state index in [0.717, 1.165) is 16.1 Å². The average molecular weight is 402 g/mol. The zero-order valence-corrected chi connectivity index (χ0v) is 17.0. The Hall–Kier alpha value is -2.49. The van der Waals surface area contributed by atoms with Gasteiger partial charge in [0.2, 0.25) is 11.5 Å². The summed E-state index contributed by atoms with van der Waals surface area (Å²) in [5.41, 5.74) is 3.06. The van der Waals surface area contributed by atoms with Gasteiger partial charge in [-0.2, -0.15) is 0 Å². The molecule has 0 spiro atoms. The molecule has 1 fully saturated rings. The topological polar surface area (TPSA) is 77.9 Å². The summed E-state index contributed by atoms with van der Waals surface area (Å²) in [6.45, 7) is 4.02. The predicted octanol–water partition coefficient (Wildman–Crippen LogP) is 3.09. The van der Waals surface area contributed by atoms with Gasteiger partial charge in [-0.15, -0.1) is 0 Å². The Labute approximate surface area is 165 Å². The van der Waals surface area contributed by atoms with E-state index in [0.29, 0.717) is 21.6 Å². The molecular weight excluding hydrogens is 382 g/mol. The molecule has 1 aromatic carbocycles. The van der Waals surface area contributed by atoms with Gasteiger partial charge in [-0.05, 0) is 43.3 Å². The normalized spacial score (nSPS) is 17.0. The number of thioether (sulfide) groups is 1. The number of benzene rings is 1. The maximum atomic E-state index is 12.3. The Bertz CT molecular complexity index is 949. The summed E-state index contributed by atoms with van der Waals surface area (Å²) in [7, 11) is 3.51. The van der Waals surface area contributed by atoms with E-state index in [1.807, 2.05) is 26.0 Å². The lowest BCUT2D eigenvalue weighted by Crippen LogP contribution is -2.35. The van der Waals surface area contributed by atoms with Crippen molar-refractivity contribution in [3.8, 4) is 0 Å². The van der Waals surface area contributed by atoms with E-state index in [2.05, 4.69) is 21.4 Å². The summed E-state index contributed by atoms with van der Waals surface area (Å²) in [6, 6.07) is 5.99. The number of nitrogens with one attached hydrogen (secondary N) is 1. The molecule has 0 bridgehead atoms. The molecular formula is C18H19N5O2S2. The number of thiazole rings is 1. The third kappa shape index (κ3) is 4.44. The van der Waals surface area contributed by atoms with Crippen LogP contribution in [0.25, 0.3) is 6.08 Å². The molecule has 1 N–H and O–H groups in total. The molecule has 1 saturated heterocycles. The number of aliphatic imine (C=N–C) groups is 1. The molecule has 9 heteroatoms. The third-order valence-corrected chi connectivity index (χ3v) is 5.58. The van der Waals surface area contributed by atoms with Gasteiger partial charge in [0.1, 0.15) is 0 Å². The molecule has 0 unspecified atom stereocenters. The van der Waals surface area contributed by atoms with Crippen molar-refractivity contribution in [2.45, 2.75) is 13.8 Å². The molecule has 140 valence electrons. The van der Waals surface area contributed by atoms with E-state index in [9.17, 15) is 9.59 Å². The van der Waals surface area contributed by atoms with Crippen LogP contribution in [0.15, 0.2) is 34.3 Å². The van der Waals surface area contributed by atoms with Crippen molar-refractivity contribution in [1.29, 1.82) is 0 Å². The number of hydrogen-bond donors (Lipinski definition) is 1. The largest absolute Gasteiger partial charge is 0.300 e. The van der Waals surface area contributed by atoms with Gasteiger partial charge in [0.15, 0.2) is 5.17 Å². The lowest BCUT2D eigenvalue weighted by Gasteiger charge is -2.20. The molecule has 2 aromatic rings. The lowest BCUT2D eigenvalue weighted by atomic mass is 10.1. The van der Waals surface area contributed by atoms with Gasteiger partial charge in [0.25, 0.3) is 5.91 Å². The molecule has 7 nitrogen and oxygen atoms in total. The van der Waals surface area contributed by atoms with Crippen LogP contribution in [0.2, 0.25) is 0 Å². The van der Waals surface area contributed by atoms with Crippen LogP contribution in [0.3, 0.4) is 0 Å². The Balaban J connectivity index is 1.80. The maximum absolute atomic E-state index is 12.3. The molecule has 1 aromatic heterocycles. The van der Waals surface area contributed by atoms with Gasteiger partial charge in [-0.3, -0.25) is 9.59 Å². The molecule has 27 heavy (non-hydrogen) atoms. The van der Waals surface area contributed by atoms with Crippen molar-refractivity contribution in [2.24, 2.45) is 4.99 Å². The number of nitrogens with zero attached hydrogens (tertiary/aromatic N) is 4. The van der Waals surface area contributed by atoms with Crippen LogP contribution in [-0.4, -0.2) is 41.6 Å². The Morgan fingerprint density at radius 1 is 1.26 bits per heavy atom. The highest BCUT2D eigenvalue weighted by molar-refractivity contribution is 8.18. The maximum Gasteiger partial charge on any atom is 0.264 e. The van der Waals surface area contributed by atoms with Crippen molar-refractivity contribution >= 4 is 57.5 Å². The molecule has 0 radical (unpaired) electrons. The van der Waals surface area contributed by atoms with Crippen molar-refractivity contribution < 1.29 is 9.59 Å². The quantitative estimate of drug-likeness (QED) is 0.473. The average Bonchev–Trinajstić information content (AvgIpc) is 3.18. The van der Waals surface area contributed by atoms with Gasteiger partial charge in [-0.25, -0.2) is 20.0 Å². The number of hydrogen-bond acceptors (Lipinski definition) is 7. The summed E-state index contributed by atoms with van der Waals surface area (Å²) < 4.78 is 0. The van der Waals surface area contributed by atoms with Crippen molar-refractivity contribution in [3.63, 3.8) is 0 Å². The number of anilines is 1. The minimum Gasteiger partial charge on any atom is -0.300 e. The first kappa shape index (κ1) is 19.3. The second-order valence-corrected chi connectivity index (χ2v) is 8.19. The smallest absolute Gasteiger partial charge is 0.264 e. The summed E-state index contributed by atoms with van der Waals surface area (Å²) in [5, 5.41) is 6.90. The Morgan fingerprint density at radius 3 is 2.70 bits per heavy atom. The highest BCUT2D eigenvalue weighted by atomic mass is 32.2. The van der Waals surface area contributed by atoms with Gasteiger partial charge >= 0.3 is 0 Å². The van der Waals surface area contributed by atoms with Crippen molar-refractivity contribution in [1.82, 2.24) is 15.3 Å². The van der Waals surface area contributed by atoms with Crippen molar-refractivity contribution in [3.05, 3.63) is 45.3 Å². The minimum absolute atomic E-state index is 0.196. The number of hydrazine groups is 1. The van der Waals surface area contributed by atoms with E-state index in [4.69, 9.17) is 0 Å². The number of carbonyl (C=O) groups is 2. The van der Waals surface area contributed by atoms with E-state index < -0.39 is 0 Å². The molecule has 1 aliphatic heterocycles. The highest BCUT2D eigenvalue weighted by Gasteiger charge is 2.24. The summed E-state index contributed by atoms with van der Waals surface area (Å²) in [6.07, 6.45) is 4.09. The number of aromatic nitrogens is 1.